The van der Waals surface area contributed by atoms with E-state index in [1.807, 2.05) is 0 Å². The van der Waals surface area contributed by atoms with Crippen molar-refractivity contribution in [2.45, 2.75) is 0 Å². The van der Waals surface area contributed by atoms with Crippen molar-refractivity contribution in [3.63, 3.8) is 0 Å². The lowest BCUT2D eigenvalue weighted by atomic mass is 11.2. The van der Waals surface area contributed by atoms with E-state index in [0.717, 1.165) is 0 Å². The maximum Gasteiger partial charge on any atom is 0.103 e. The lowest BCUT2D eigenvalue weighted by Crippen LogP contribution is -1.54. The average Bonchev–Trinajstić information content (AvgIpc) is 1.60. The highest BCUT2D eigenvalue weighted by molar-refractivity contribution is 4.43. The Hall–Kier alpha value is -0.460. The molecule has 0 radical (unpaired) electrons. The normalized spacial score (nSPS) is 29.0. The topological polar surface area (TPSA) is 9.23 Å². The van der Waals surface area contributed by atoms with E-state index in [2.05, 4.69) is 4.74 Å². The van der Waals surface area contributed by atoms with Crippen LogP contribution in [0.25, 0.3) is 0 Å². The van der Waals surface area contributed by atoms with E-state index < -0.39 is 19.8 Å². The Kier molecular flexibility index (Phi) is 0.199. The quantitative estimate of drug-likeness (QED) is 0.409. The Morgan fingerprint density at radius 3 is 4.25 bits per heavy atom. The van der Waals surface area contributed by atoms with E-state index >= 15 is 0 Å². The molecule has 0 aromatic rings. The third-order valence-electron chi connectivity index (χ3n) is 0.0510. The molecule has 0 unspecified atom stereocenters. The molecule has 0 spiro atoms. The number of methoxy groups -OCH3 is 1. The first-order valence-electron chi connectivity index (χ1n) is 3.66. The number of hydrogen-bond donors (Lipinski definition) is 0. The molecule has 0 amide bonds. The van der Waals surface area contributed by atoms with Crippen molar-refractivity contribution >= 4 is 0 Å². The first kappa shape index (κ1) is 0.313. The molecule has 1 nitrogen and oxygen atoms in total. The van der Waals surface area contributed by atoms with Gasteiger partial charge in [-0.05, 0) is 0 Å². The van der Waals surface area contributed by atoms with Crippen LogP contribution in [0.5, 0.6) is 0 Å². The van der Waals surface area contributed by atoms with Crippen LogP contribution in [0.15, 0.2) is 12.8 Å². The highest BCUT2D eigenvalue weighted by atomic mass is 16.5. The second-order valence-corrected chi connectivity index (χ2v) is 0.204. The van der Waals surface area contributed by atoms with Gasteiger partial charge in [0.1, 0.15) is 1.37 Å². The van der Waals surface area contributed by atoms with E-state index in [1.165, 1.54) is 0 Å². The lowest BCUT2D eigenvalue weighted by molar-refractivity contribution is 0.339. The minimum Gasteiger partial charge on any atom is -0.505 e. The van der Waals surface area contributed by atoms with Gasteiger partial charge in [0.05, 0.1) is 20.1 Å². The summed E-state index contributed by atoms with van der Waals surface area (Å²) in [5.41, 5.74) is 0. The molecule has 0 N–H and O–H groups in total. The zero-order chi connectivity index (χ0) is 8.36. The molecule has 24 valence electrons. The molecule has 4 heavy (non-hydrogen) atoms. The van der Waals surface area contributed by atoms with Crippen LogP contribution in [-0.4, -0.2) is 7.04 Å². The van der Waals surface area contributed by atoms with E-state index in [4.69, 9.17) is 8.22 Å². The summed E-state index contributed by atoms with van der Waals surface area (Å²) in [7, 11) is -2.73. The van der Waals surface area contributed by atoms with Crippen molar-refractivity contribution in [3.8, 4) is 0 Å². The van der Waals surface area contributed by atoms with Gasteiger partial charge in [0.2, 0.25) is 0 Å². The Balaban J connectivity index is 4.06. The Morgan fingerprint density at radius 2 is 4.00 bits per heavy atom. The molecule has 0 rings (SSSR count). The molecule has 0 aromatic heterocycles. The van der Waals surface area contributed by atoms with Crippen molar-refractivity contribution in [2.24, 2.45) is 0 Å². The van der Waals surface area contributed by atoms with Gasteiger partial charge in [-0.3, -0.25) is 0 Å². The van der Waals surface area contributed by atoms with Crippen LogP contribution in [0, 0.1) is 0 Å². The van der Waals surface area contributed by atoms with Crippen molar-refractivity contribution < 1.29 is 13.0 Å². The molecule has 0 fully saturated rings. The third-order valence-corrected chi connectivity index (χ3v) is 0.0510. The van der Waals surface area contributed by atoms with Gasteiger partial charge in [0.15, 0.2) is 0 Å². The zero-order valence-corrected chi connectivity index (χ0v) is 1.91. The van der Waals surface area contributed by atoms with E-state index in [9.17, 15) is 0 Å². The zero-order valence-electron chi connectivity index (χ0n) is 7.91. The summed E-state index contributed by atoms with van der Waals surface area (Å²) in [6.07, 6.45) is -0.944. The molecule has 0 aliphatic rings. The molecular formula is C3H6O. The van der Waals surface area contributed by atoms with E-state index in [1.54, 1.807) is 0 Å². The van der Waals surface area contributed by atoms with Crippen LogP contribution in [-0.2, 0) is 4.74 Å². The summed E-state index contributed by atoms with van der Waals surface area (Å²) in [5, 5.41) is 0. The largest absolute Gasteiger partial charge is 0.505 e. The van der Waals surface area contributed by atoms with Gasteiger partial charge < -0.3 is 4.74 Å². The highest BCUT2D eigenvalue weighted by Gasteiger charge is 1.36. The maximum atomic E-state index is 6.60. The van der Waals surface area contributed by atoms with Gasteiger partial charge in [-0.15, -0.1) is 0 Å². The predicted octanol–water partition coefficient (Wildman–Crippen LogP) is 0.776. The average molecular weight is 64.1 g/mol. The van der Waals surface area contributed by atoms with Crippen molar-refractivity contribution in [2.75, 3.05) is 7.04 Å². The van der Waals surface area contributed by atoms with Crippen molar-refractivity contribution in [1.29, 1.82) is 0 Å². The molecule has 0 aliphatic heterocycles. The number of rotatable bonds is 1. The molecule has 0 bridgehead atoms. The molecule has 0 saturated carbocycles. The standard InChI is InChI=1S/C3H6O/c1-3-4-2/h3H,1H2,2H3/i1D2,2D3,3D. The molecule has 0 saturated heterocycles. The van der Waals surface area contributed by atoms with E-state index in [0.29, 0.717) is 0 Å². The maximum absolute atomic E-state index is 6.60. The predicted molar refractivity (Wildman–Crippen MR) is 17.2 cm³/mol. The Labute approximate surface area is 34.3 Å². The molecule has 0 atom stereocenters. The lowest BCUT2D eigenvalue weighted by Gasteiger charge is -1.73. The van der Waals surface area contributed by atoms with Crippen molar-refractivity contribution in [3.05, 3.63) is 12.8 Å². The molecule has 1 heteroatoms. The van der Waals surface area contributed by atoms with E-state index in [-0.39, 0.29) is 0 Å². The minimum absolute atomic E-state index is 0.944. The van der Waals surface area contributed by atoms with Gasteiger partial charge in [0, 0.05) is 0 Å². The van der Waals surface area contributed by atoms with Gasteiger partial charge in [-0.25, -0.2) is 0 Å². The Morgan fingerprint density at radius 1 is 3.00 bits per heavy atom. The molecule has 0 heterocycles. The van der Waals surface area contributed by atoms with Crippen LogP contribution in [0.1, 0.15) is 8.22 Å². The summed E-state index contributed by atoms with van der Waals surface area (Å²) < 4.78 is 42.7. The summed E-state index contributed by atoms with van der Waals surface area (Å²) >= 11 is 0. The van der Waals surface area contributed by atoms with Crippen LogP contribution in [0.3, 0.4) is 0 Å². The van der Waals surface area contributed by atoms with Gasteiger partial charge in [-0.1, -0.05) is 6.53 Å². The van der Waals surface area contributed by atoms with Gasteiger partial charge in [0.25, 0.3) is 0 Å². The fourth-order valence-corrected chi connectivity index (χ4v) is 0. The monoisotopic (exact) mass is 64.1 g/mol. The van der Waals surface area contributed by atoms with Gasteiger partial charge >= 0.3 is 0 Å². The summed E-state index contributed by atoms with van der Waals surface area (Å²) in [5.74, 6) is 0. The van der Waals surface area contributed by atoms with Crippen LogP contribution < -0.4 is 0 Å². The second kappa shape index (κ2) is 2.54. The third kappa shape index (κ3) is 1.54. The fraction of sp³-hybridized carbons (Fsp3) is 0.333. The smallest absolute Gasteiger partial charge is 0.103 e. The molecule has 0 aliphatic carbocycles. The SMILES string of the molecule is [2H]C([2H])=C([2H])OC([2H])([2H])[2H]. The minimum atomic E-state index is -2.73. The molecule has 0 aromatic carbocycles. The number of hydrogen-bond acceptors (Lipinski definition) is 1. The van der Waals surface area contributed by atoms with Crippen molar-refractivity contribution in [1.82, 2.24) is 0 Å². The van der Waals surface area contributed by atoms with Crippen LogP contribution >= 0.6 is 0 Å². The molecular weight excluding hydrogens is 52.0 g/mol. The highest BCUT2D eigenvalue weighted by Crippen LogP contribution is 1.52. The first-order valence-corrected chi connectivity index (χ1v) is 0.658. The second-order valence-electron chi connectivity index (χ2n) is 0.204. The summed E-state index contributed by atoms with van der Waals surface area (Å²) in [4.78, 5) is 0. The summed E-state index contributed by atoms with van der Waals surface area (Å²) in [6, 6.07) is 0. The van der Waals surface area contributed by atoms with Gasteiger partial charge in [-0.2, -0.15) is 0 Å². The fourth-order valence-electron chi connectivity index (χ4n) is 0. The van der Waals surface area contributed by atoms with Crippen LogP contribution in [0.2, 0.25) is 0 Å². The Bertz CT molecular complexity index is 142. The van der Waals surface area contributed by atoms with Crippen LogP contribution in [0.4, 0.5) is 0 Å². The first-order chi connectivity index (χ1) is 4.33. The summed E-state index contributed by atoms with van der Waals surface area (Å²) in [6.45, 7) is -0.948. The number of ether oxygens (including phenoxy) is 1.